The molecule has 1 rings (SSSR count). The quantitative estimate of drug-likeness (QED) is 0.670. The van der Waals surface area contributed by atoms with Gasteiger partial charge in [-0.2, -0.15) is 0 Å². The number of para-hydroxylation sites is 1. The van der Waals surface area contributed by atoms with Crippen molar-refractivity contribution in [3.63, 3.8) is 0 Å². The van der Waals surface area contributed by atoms with Crippen LogP contribution in [-0.4, -0.2) is 40.5 Å². The molecule has 0 aliphatic heterocycles. The second kappa shape index (κ2) is 9.86. The van der Waals surface area contributed by atoms with E-state index in [9.17, 15) is 9.59 Å². The minimum absolute atomic E-state index is 0.0644. The number of aliphatic hydroxyl groups excluding tert-OH is 1. The zero-order valence-corrected chi connectivity index (χ0v) is 9.52. The van der Waals surface area contributed by atoms with Crippen LogP contribution in [0.25, 0.3) is 0 Å². The normalized spacial score (nSPS) is 9.39. The highest BCUT2D eigenvalue weighted by Gasteiger charge is 1.88. The van der Waals surface area contributed by atoms with Gasteiger partial charge < -0.3 is 20.1 Å². The van der Waals surface area contributed by atoms with E-state index in [1.165, 1.54) is 0 Å². The number of hydrogen-bond donors (Lipinski definition) is 3. The Morgan fingerprint density at radius 1 is 1.06 bits per heavy atom. The minimum atomic E-state index is -1.26. The average molecular weight is 254 g/mol. The van der Waals surface area contributed by atoms with Crippen molar-refractivity contribution >= 4 is 11.9 Å². The Hall–Kier alpha value is -2.34. The first-order valence-corrected chi connectivity index (χ1v) is 4.99. The maximum Gasteiger partial charge on any atom is 0.328 e. The van der Waals surface area contributed by atoms with E-state index in [0.29, 0.717) is 18.8 Å². The smallest absolute Gasteiger partial charge is 0.328 e. The van der Waals surface area contributed by atoms with Crippen molar-refractivity contribution in [1.82, 2.24) is 0 Å². The molecule has 0 atom stereocenters. The molecule has 0 saturated heterocycles. The largest absolute Gasteiger partial charge is 0.491 e. The highest BCUT2D eigenvalue weighted by Crippen LogP contribution is 2.06. The van der Waals surface area contributed by atoms with E-state index in [0.717, 1.165) is 5.75 Å². The summed E-state index contributed by atoms with van der Waals surface area (Å²) in [7, 11) is 0. The number of benzene rings is 1. The molecule has 0 bridgehead atoms. The zero-order chi connectivity index (χ0) is 13.8. The molecule has 18 heavy (non-hydrogen) atoms. The summed E-state index contributed by atoms with van der Waals surface area (Å²) in [4.78, 5) is 19.1. The van der Waals surface area contributed by atoms with Gasteiger partial charge in [0.1, 0.15) is 12.4 Å². The lowest BCUT2D eigenvalue weighted by Gasteiger charge is -2.01. The number of aliphatic hydroxyl groups is 1. The van der Waals surface area contributed by atoms with Crippen LogP contribution >= 0.6 is 0 Å². The summed E-state index contributed by atoms with van der Waals surface area (Å²) in [5.41, 5.74) is 0. The van der Waals surface area contributed by atoms with Gasteiger partial charge in [0.05, 0.1) is 6.61 Å². The van der Waals surface area contributed by atoms with E-state index in [4.69, 9.17) is 20.1 Å². The molecular weight excluding hydrogens is 240 g/mol. The molecule has 3 N–H and O–H groups in total. The summed E-state index contributed by atoms with van der Waals surface area (Å²) >= 11 is 0. The van der Waals surface area contributed by atoms with Gasteiger partial charge in [0.25, 0.3) is 0 Å². The van der Waals surface area contributed by atoms with Gasteiger partial charge in [0, 0.05) is 12.2 Å². The fourth-order valence-electron chi connectivity index (χ4n) is 0.823. The molecule has 1 aromatic carbocycles. The standard InChI is InChI=1S/C8H10O2.C4H4O4/c9-6-7-10-8-4-2-1-3-5-8;5-3(6)1-2-4(7)8/h1-5,9H,6-7H2;1-2H,(H,5,6)(H,7,8)/b;2-1-. The number of carboxylic acids is 2. The van der Waals surface area contributed by atoms with Crippen LogP contribution < -0.4 is 4.74 Å². The lowest BCUT2D eigenvalue weighted by Crippen LogP contribution is -2.00. The number of carbonyl (C=O) groups is 2. The van der Waals surface area contributed by atoms with Gasteiger partial charge in [-0.3, -0.25) is 0 Å². The van der Waals surface area contributed by atoms with Gasteiger partial charge in [-0.05, 0) is 12.1 Å². The summed E-state index contributed by atoms with van der Waals surface area (Å²) in [6, 6.07) is 9.43. The highest BCUT2D eigenvalue weighted by molar-refractivity contribution is 5.89. The Bertz CT molecular complexity index is 369. The number of aliphatic carboxylic acids is 2. The van der Waals surface area contributed by atoms with Crippen LogP contribution in [0.2, 0.25) is 0 Å². The SMILES string of the molecule is O=C(O)/C=C\C(=O)O.OCCOc1ccccc1. The van der Waals surface area contributed by atoms with Gasteiger partial charge in [0.15, 0.2) is 0 Å². The molecule has 0 aliphatic rings. The first-order valence-electron chi connectivity index (χ1n) is 4.99. The van der Waals surface area contributed by atoms with Crippen molar-refractivity contribution in [2.45, 2.75) is 0 Å². The molecule has 98 valence electrons. The molecule has 0 unspecified atom stereocenters. The Morgan fingerprint density at radius 3 is 1.94 bits per heavy atom. The maximum absolute atomic E-state index is 9.55. The number of carboxylic acid groups (broad SMARTS) is 2. The number of ether oxygens (including phenoxy) is 1. The van der Waals surface area contributed by atoms with Gasteiger partial charge in [0.2, 0.25) is 0 Å². The van der Waals surface area contributed by atoms with E-state index in [-0.39, 0.29) is 6.61 Å². The molecule has 6 heteroatoms. The third-order valence-corrected chi connectivity index (χ3v) is 1.47. The van der Waals surface area contributed by atoms with Crippen molar-refractivity contribution in [3.05, 3.63) is 42.5 Å². The van der Waals surface area contributed by atoms with Crippen molar-refractivity contribution in [2.24, 2.45) is 0 Å². The predicted octanol–water partition coefficient (Wildman–Crippen LogP) is 0.769. The zero-order valence-electron chi connectivity index (χ0n) is 9.52. The Labute approximate surface area is 104 Å². The molecule has 0 aliphatic carbocycles. The van der Waals surface area contributed by atoms with E-state index in [1.807, 2.05) is 30.3 Å². The Kier molecular flexibility index (Phi) is 8.57. The molecule has 0 fully saturated rings. The fourth-order valence-corrected chi connectivity index (χ4v) is 0.823. The topological polar surface area (TPSA) is 104 Å². The van der Waals surface area contributed by atoms with E-state index in [2.05, 4.69) is 0 Å². The monoisotopic (exact) mass is 254 g/mol. The summed E-state index contributed by atoms with van der Waals surface area (Å²) in [6.07, 6.45) is 1.12. The molecule has 0 heterocycles. The van der Waals surface area contributed by atoms with Crippen LogP contribution in [0, 0.1) is 0 Å². The molecule has 1 aromatic rings. The van der Waals surface area contributed by atoms with Crippen LogP contribution in [0.1, 0.15) is 0 Å². The summed E-state index contributed by atoms with van der Waals surface area (Å²) in [5, 5.41) is 24.0. The third-order valence-electron chi connectivity index (χ3n) is 1.47. The fraction of sp³-hybridized carbons (Fsp3) is 0.167. The van der Waals surface area contributed by atoms with E-state index >= 15 is 0 Å². The van der Waals surface area contributed by atoms with Gasteiger partial charge >= 0.3 is 11.9 Å². The molecular formula is C12H14O6. The first-order chi connectivity index (χ1) is 8.56. The van der Waals surface area contributed by atoms with E-state index < -0.39 is 11.9 Å². The van der Waals surface area contributed by atoms with Crippen molar-refractivity contribution < 1.29 is 29.6 Å². The van der Waals surface area contributed by atoms with Crippen LogP contribution in [0.5, 0.6) is 5.75 Å². The molecule has 0 spiro atoms. The average Bonchev–Trinajstić information content (AvgIpc) is 2.36. The van der Waals surface area contributed by atoms with Gasteiger partial charge in [-0.1, -0.05) is 18.2 Å². The van der Waals surface area contributed by atoms with Crippen molar-refractivity contribution in [1.29, 1.82) is 0 Å². The molecule has 0 aromatic heterocycles. The number of rotatable bonds is 5. The minimum Gasteiger partial charge on any atom is -0.491 e. The lowest BCUT2D eigenvalue weighted by molar-refractivity contribution is -0.134. The van der Waals surface area contributed by atoms with Gasteiger partial charge in [-0.15, -0.1) is 0 Å². The van der Waals surface area contributed by atoms with Crippen LogP contribution in [0.4, 0.5) is 0 Å². The second-order valence-electron chi connectivity index (χ2n) is 2.89. The van der Waals surface area contributed by atoms with Crippen LogP contribution in [0.3, 0.4) is 0 Å². The maximum atomic E-state index is 9.55. The van der Waals surface area contributed by atoms with Crippen LogP contribution in [-0.2, 0) is 9.59 Å². The molecule has 0 saturated carbocycles. The van der Waals surface area contributed by atoms with Gasteiger partial charge in [-0.25, -0.2) is 9.59 Å². The summed E-state index contributed by atoms with van der Waals surface area (Å²) in [5.74, 6) is -1.71. The molecule has 6 nitrogen and oxygen atoms in total. The third kappa shape index (κ3) is 10.2. The Morgan fingerprint density at radius 2 is 1.56 bits per heavy atom. The summed E-state index contributed by atoms with van der Waals surface area (Å²) < 4.78 is 5.11. The van der Waals surface area contributed by atoms with Crippen molar-refractivity contribution in [3.8, 4) is 5.75 Å². The number of hydrogen-bond acceptors (Lipinski definition) is 4. The Balaban J connectivity index is 0.000000331. The lowest BCUT2D eigenvalue weighted by atomic mass is 10.3. The van der Waals surface area contributed by atoms with E-state index in [1.54, 1.807) is 0 Å². The predicted molar refractivity (Wildman–Crippen MR) is 63.4 cm³/mol. The second-order valence-corrected chi connectivity index (χ2v) is 2.89. The molecule has 0 amide bonds. The summed E-state index contributed by atoms with van der Waals surface area (Å²) in [6.45, 7) is 0.429. The van der Waals surface area contributed by atoms with Crippen LogP contribution in [0.15, 0.2) is 42.5 Å². The first kappa shape index (κ1) is 15.7. The van der Waals surface area contributed by atoms with Crippen molar-refractivity contribution in [2.75, 3.05) is 13.2 Å². The molecule has 0 radical (unpaired) electrons. The highest BCUT2D eigenvalue weighted by atomic mass is 16.5.